The molecular formula is C13H15N3. The maximum atomic E-state index is 4.58. The Labute approximate surface area is 94.3 Å². The molecule has 3 nitrogen and oxygen atoms in total. The Morgan fingerprint density at radius 2 is 1.81 bits per heavy atom. The van der Waals surface area contributed by atoms with Crippen molar-refractivity contribution in [3.63, 3.8) is 0 Å². The average Bonchev–Trinajstić information content (AvgIpc) is 2.72. The molecule has 0 aliphatic carbocycles. The molecule has 0 aliphatic rings. The summed E-state index contributed by atoms with van der Waals surface area (Å²) in [5, 5.41) is 8.29. The van der Waals surface area contributed by atoms with Gasteiger partial charge < -0.3 is 6.15 Å². The summed E-state index contributed by atoms with van der Waals surface area (Å²) in [6, 6.07) is 12.7. The number of nitrogens with zero attached hydrogens (tertiary/aromatic N) is 2. The summed E-state index contributed by atoms with van der Waals surface area (Å²) in [6.45, 7) is 3.02. The fourth-order valence-corrected chi connectivity index (χ4v) is 1.97. The lowest BCUT2D eigenvalue weighted by Crippen LogP contribution is -1.92. The van der Waals surface area contributed by atoms with Gasteiger partial charge in [-0.05, 0) is 12.3 Å². The van der Waals surface area contributed by atoms with Gasteiger partial charge in [0.05, 0.1) is 0 Å². The van der Waals surface area contributed by atoms with Gasteiger partial charge in [-0.15, -0.1) is 0 Å². The number of hydrogen-bond donors (Lipinski definition) is 1. The van der Waals surface area contributed by atoms with E-state index in [4.69, 9.17) is 0 Å². The summed E-state index contributed by atoms with van der Waals surface area (Å²) >= 11 is 0. The molecule has 82 valence electrons. The normalized spacial score (nSPS) is 10.6. The van der Waals surface area contributed by atoms with Crippen LogP contribution in [0.2, 0.25) is 0 Å². The minimum atomic E-state index is 0. The molecule has 0 radical (unpaired) electrons. The highest BCUT2D eigenvalue weighted by Gasteiger charge is 2.03. The molecular weight excluding hydrogens is 198 g/mol. The van der Waals surface area contributed by atoms with Crippen molar-refractivity contribution in [2.24, 2.45) is 0 Å². The second kappa shape index (κ2) is 3.94. The fourth-order valence-electron chi connectivity index (χ4n) is 1.97. The quantitative estimate of drug-likeness (QED) is 0.673. The van der Waals surface area contributed by atoms with Gasteiger partial charge in [0.15, 0.2) is 0 Å². The summed E-state index contributed by atoms with van der Waals surface area (Å²) in [4.78, 5) is 0. The van der Waals surface area contributed by atoms with E-state index in [1.807, 2.05) is 4.68 Å². The number of hydrogen-bond acceptors (Lipinski definition) is 2. The van der Waals surface area contributed by atoms with E-state index in [1.54, 1.807) is 0 Å². The monoisotopic (exact) mass is 213 g/mol. The van der Waals surface area contributed by atoms with Crippen molar-refractivity contribution in [3.05, 3.63) is 42.6 Å². The average molecular weight is 213 g/mol. The molecule has 3 N–H and O–H groups in total. The molecule has 0 atom stereocenters. The van der Waals surface area contributed by atoms with E-state index in [2.05, 4.69) is 54.6 Å². The van der Waals surface area contributed by atoms with Crippen molar-refractivity contribution in [1.29, 1.82) is 0 Å². The van der Waals surface area contributed by atoms with E-state index < -0.39 is 0 Å². The van der Waals surface area contributed by atoms with Gasteiger partial charge in [-0.3, -0.25) is 4.68 Å². The summed E-state index contributed by atoms with van der Waals surface area (Å²) in [5.41, 5.74) is 1.11. The SMILES string of the molecule is CCn1cc2ccc3ccccc3c2n1.N. The molecule has 3 rings (SSSR count). The third kappa shape index (κ3) is 1.46. The van der Waals surface area contributed by atoms with Crippen LogP contribution in [0.3, 0.4) is 0 Å². The zero-order valence-corrected chi connectivity index (χ0v) is 9.35. The maximum Gasteiger partial charge on any atom is 0.100 e. The first-order chi connectivity index (χ1) is 7.38. The number of benzene rings is 2. The third-order valence-electron chi connectivity index (χ3n) is 2.77. The fraction of sp³-hybridized carbons (Fsp3) is 0.154. The van der Waals surface area contributed by atoms with Crippen LogP contribution in [0.5, 0.6) is 0 Å². The standard InChI is InChI=1S/C13H12N2.H3N/c1-2-15-9-11-8-7-10-5-3-4-6-12(10)13(11)14-15;/h3-9H,2H2,1H3;1H3. The zero-order valence-electron chi connectivity index (χ0n) is 9.35. The van der Waals surface area contributed by atoms with E-state index in [0.717, 1.165) is 12.1 Å². The summed E-state index contributed by atoms with van der Waals surface area (Å²) in [5.74, 6) is 0. The van der Waals surface area contributed by atoms with Crippen LogP contribution >= 0.6 is 0 Å². The lowest BCUT2D eigenvalue weighted by Gasteiger charge is -1.96. The smallest absolute Gasteiger partial charge is 0.100 e. The molecule has 0 unspecified atom stereocenters. The van der Waals surface area contributed by atoms with Crippen molar-refractivity contribution in [2.45, 2.75) is 13.5 Å². The summed E-state index contributed by atoms with van der Waals surface area (Å²) < 4.78 is 1.98. The lowest BCUT2D eigenvalue weighted by atomic mass is 10.1. The Hall–Kier alpha value is -1.87. The number of rotatable bonds is 1. The molecule has 3 aromatic rings. The highest BCUT2D eigenvalue weighted by molar-refractivity contribution is 6.04. The van der Waals surface area contributed by atoms with Gasteiger partial charge in [-0.25, -0.2) is 0 Å². The first-order valence-corrected chi connectivity index (χ1v) is 5.23. The van der Waals surface area contributed by atoms with Gasteiger partial charge in [0.25, 0.3) is 0 Å². The predicted octanol–water partition coefficient (Wildman–Crippen LogP) is 3.37. The van der Waals surface area contributed by atoms with E-state index in [-0.39, 0.29) is 6.15 Å². The maximum absolute atomic E-state index is 4.58. The molecule has 0 saturated heterocycles. The van der Waals surface area contributed by atoms with Crippen LogP contribution in [0.15, 0.2) is 42.6 Å². The van der Waals surface area contributed by atoms with E-state index >= 15 is 0 Å². The van der Waals surface area contributed by atoms with E-state index in [1.165, 1.54) is 16.2 Å². The topological polar surface area (TPSA) is 52.8 Å². The first-order valence-electron chi connectivity index (χ1n) is 5.23. The van der Waals surface area contributed by atoms with Crippen LogP contribution in [-0.4, -0.2) is 9.78 Å². The number of aryl methyl sites for hydroxylation is 1. The van der Waals surface area contributed by atoms with Crippen LogP contribution < -0.4 is 6.15 Å². The Morgan fingerprint density at radius 1 is 1.06 bits per heavy atom. The Kier molecular flexibility index (Phi) is 2.62. The molecule has 3 heteroatoms. The van der Waals surface area contributed by atoms with E-state index in [0.29, 0.717) is 0 Å². The Balaban J connectivity index is 0.000000963. The summed E-state index contributed by atoms with van der Waals surface area (Å²) in [6.07, 6.45) is 2.10. The number of fused-ring (bicyclic) bond motifs is 3. The minimum absolute atomic E-state index is 0. The van der Waals surface area contributed by atoms with Crippen LogP contribution in [0.4, 0.5) is 0 Å². The molecule has 0 bridgehead atoms. The molecule has 1 aromatic heterocycles. The molecule has 0 fully saturated rings. The van der Waals surface area contributed by atoms with Gasteiger partial charge in [0, 0.05) is 23.5 Å². The van der Waals surface area contributed by atoms with Gasteiger partial charge in [0.1, 0.15) is 5.52 Å². The van der Waals surface area contributed by atoms with Gasteiger partial charge in [0.2, 0.25) is 0 Å². The third-order valence-corrected chi connectivity index (χ3v) is 2.77. The van der Waals surface area contributed by atoms with Crippen LogP contribution in [0.25, 0.3) is 21.7 Å². The van der Waals surface area contributed by atoms with Gasteiger partial charge in [-0.1, -0.05) is 36.4 Å². The van der Waals surface area contributed by atoms with Gasteiger partial charge in [-0.2, -0.15) is 5.10 Å². The molecule has 0 saturated carbocycles. The van der Waals surface area contributed by atoms with Crippen molar-refractivity contribution in [2.75, 3.05) is 0 Å². The highest BCUT2D eigenvalue weighted by Crippen LogP contribution is 2.23. The molecule has 0 aliphatic heterocycles. The van der Waals surface area contributed by atoms with Crippen molar-refractivity contribution >= 4 is 21.7 Å². The minimum Gasteiger partial charge on any atom is -0.344 e. The highest BCUT2D eigenvalue weighted by atomic mass is 15.3. The van der Waals surface area contributed by atoms with Crippen molar-refractivity contribution < 1.29 is 0 Å². The molecule has 0 amide bonds. The molecule has 0 spiro atoms. The molecule has 2 aromatic carbocycles. The van der Waals surface area contributed by atoms with Crippen LogP contribution in [-0.2, 0) is 6.54 Å². The zero-order chi connectivity index (χ0) is 10.3. The van der Waals surface area contributed by atoms with E-state index in [9.17, 15) is 0 Å². The Morgan fingerprint density at radius 3 is 2.62 bits per heavy atom. The predicted molar refractivity (Wildman–Crippen MR) is 67.9 cm³/mol. The second-order valence-corrected chi connectivity index (χ2v) is 3.71. The lowest BCUT2D eigenvalue weighted by molar-refractivity contribution is 0.668. The first kappa shape index (κ1) is 10.6. The van der Waals surface area contributed by atoms with Crippen molar-refractivity contribution in [1.82, 2.24) is 15.9 Å². The Bertz CT molecular complexity index is 625. The van der Waals surface area contributed by atoms with Crippen molar-refractivity contribution in [3.8, 4) is 0 Å². The summed E-state index contributed by atoms with van der Waals surface area (Å²) in [7, 11) is 0. The number of aromatic nitrogens is 2. The second-order valence-electron chi connectivity index (χ2n) is 3.71. The molecule has 1 heterocycles. The largest absolute Gasteiger partial charge is 0.344 e. The van der Waals surface area contributed by atoms with Gasteiger partial charge >= 0.3 is 0 Å². The van der Waals surface area contributed by atoms with Crippen LogP contribution in [0, 0.1) is 0 Å². The molecule has 16 heavy (non-hydrogen) atoms. The van der Waals surface area contributed by atoms with Crippen LogP contribution in [0.1, 0.15) is 6.92 Å².